The Morgan fingerprint density at radius 1 is 1.56 bits per heavy atom. The number of ether oxygens (including phenoxy) is 1. The molecular formula is C13H15Cl3N6O3S2. The molecule has 2 rings (SSSR count). The molecule has 27 heavy (non-hydrogen) atoms. The van der Waals surface area contributed by atoms with Crippen molar-refractivity contribution in [3.63, 3.8) is 0 Å². The van der Waals surface area contributed by atoms with Crippen LogP contribution in [0.2, 0.25) is 0 Å². The number of anilines is 2. The topological polar surface area (TPSA) is 123 Å². The van der Waals surface area contributed by atoms with Gasteiger partial charge in [0.25, 0.3) is 0 Å². The summed E-state index contributed by atoms with van der Waals surface area (Å²) in [6, 6.07) is 1.57. The fraction of sp³-hybridized carbons (Fsp3) is 0.462. The summed E-state index contributed by atoms with van der Waals surface area (Å²) in [4.78, 5) is 20.1. The molecule has 0 saturated carbocycles. The standard InChI is InChI=1S/C13H15Cl3N6O3S2/c1-3-25-9(23)7-8(17)22(12(26)27-7)21-6-4-5(2)18-11(19-6)20-10(24)13(14,15)16/h4,7,10,17,24H,3H2,1-2H3,(H2,18,19,20,21)/t7-,10+/m1/s1. The number of nitrogens with one attached hydrogen (secondary N) is 3. The first kappa shape index (κ1) is 22.2. The normalized spacial score (nSPS) is 18.4. The van der Waals surface area contributed by atoms with Crippen molar-refractivity contribution >= 4 is 86.7 Å². The Morgan fingerprint density at radius 3 is 2.81 bits per heavy atom. The Hall–Kier alpha value is -1.11. The van der Waals surface area contributed by atoms with Gasteiger partial charge in [0.1, 0.15) is 5.84 Å². The minimum absolute atomic E-state index is 0.0115. The number of aliphatic hydroxyl groups excluding tert-OH is 1. The van der Waals surface area contributed by atoms with Gasteiger partial charge in [0.15, 0.2) is 21.6 Å². The first-order valence-electron chi connectivity index (χ1n) is 7.42. The van der Waals surface area contributed by atoms with Crippen molar-refractivity contribution in [1.29, 1.82) is 5.41 Å². The van der Waals surface area contributed by atoms with Crippen LogP contribution in [0, 0.1) is 12.3 Å². The minimum Gasteiger partial charge on any atom is -0.465 e. The third kappa shape index (κ3) is 5.69. The fourth-order valence-corrected chi connectivity index (χ4v) is 3.35. The van der Waals surface area contributed by atoms with Gasteiger partial charge in [-0.15, -0.1) is 0 Å². The number of carbonyl (C=O) groups excluding carboxylic acids is 1. The number of hydrogen-bond donors (Lipinski definition) is 4. The van der Waals surface area contributed by atoms with E-state index in [1.165, 1.54) is 5.01 Å². The second kappa shape index (κ2) is 8.93. The number of aliphatic hydroxyl groups is 1. The lowest BCUT2D eigenvalue weighted by Crippen LogP contribution is -2.39. The third-order valence-corrected chi connectivity index (χ3v) is 5.17. The molecule has 14 heteroatoms. The maximum absolute atomic E-state index is 11.9. The van der Waals surface area contributed by atoms with Crippen LogP contribution in [0.25, 0.3) is 0 Å². The number of thioether (sulfide) groups is 1. The van der Waals surface area contributed by atoms with Crippen LogP contribution in [0.4, 0.5) is 11.8 Å². The van der Waals surface area contributed by atoms with Gasteiger partial charge in [-0.05, 0) is 13.8 Å². The number of rotatable bonds is 6. The van der Waals surface area contributed by atoms with Crippen molar-refractivity contribution in [3.05, 3.63) is 11.8 Å². The number of hydrogen-bond acceptors (Lipinski definition) is 10. The van der Waals surface area contributed by atoms with Gasteiger partial charge < -0.3 is 15.2 Å². The summed E-state index contributed by atoms with van der Waals surface area (Å²) in [6.07, 6.45) is -1.55. The van der Waals surface area contributed by atoms with E-state index in [2.05, 4.69) is 20.7 Å². The van der Waals surface area contributed by atoms with Crippen molar-refractivity contribution in [2.75, 3.05) is 17.3 Å². The van der Waals surface area contributed by atoms with E-state index in [1.807, 2.05) is 0 Å². The zero-order valence-corrected chi connectivity index (χ0v) is 17.9. The highest BCUT2D eigenvalue weighted by Crippen LogP contribution is 2.31. The fourth-order valence-electron chi connectivity index (χ4n) is 1.92. The summed E-state index contributed by atoms with van der Waals surface area (Å²) < 4.78 is 3.21. The van der Waals surface area contributed by atoms with E-state index in [1.54, 1.807) is 19.9 Å². The second-order valence-electron chi connectivity index (χ2n) is 5.15. The number of halogens is 3. The molecule has 0 unspecified atom stereocenters. The Balaban J connectivity index is 2.16. The zero-order chi connectivity index (χ0) is 20.4. The molecule has 2 heterocycles. The summed E-state index contributed by atoms with van der Waals surface area (Å²) in [5.74, 6) is -0.400. The number of hydrazine groups is 1. The van der Waals surface area contributed by atoms with E-state index in [0.717, 1.165) is 11.8 Å². The third-order valence-electron chi connectivity index (χ3n) is 3.05. The number of esters is 1. The van der Waals surface area contributed by atoms with Gasteiger partial charge in [0, 0.05) is 11.8 Å². The van der Waals surface area contributed by atoms with Crippen molar-refractivity contribution < 1.29 is 14.6 Å². The zero-order valence-electron chi connectivity index (χ0n) is 14.0. The molecule has 1 fully saturated rings. The lowest BCUT2D eigenvalue weighted by atomic mass is 10.4. The largest absolute Gasteiger partial charge is 0.465 e. The summed E-state index contributed by atoms with van der Waals surface area (Å²) in [7, 11) is 0. The number of alkyl halides is 3. The molecule has 1 aromatic heterocycles. The van der Waals surface area contributed by atoms with Gasteiger partial charge in [-0.1, -0.05) is 58.8 Å². The number of nitrogens with zero attached hydrogens (tertiary/aromatic N) is 3. The van der Waals surface area contributed by atoms with Gasteiger partial charge in [-0.25, -0.2) is 9.99 Å². The monoisotopic (exact) mass is 472 g/mol. The Morgan fingerprint density at radius 2 is 2.22 bits per heavy atom. The van der Waals surface area contributed by atoms with Crippen molar-refractivity contribution in [1.82, 2.24) is 15.0 Å². The van der Waals surface area contributed by atoms with Gasteiger partial charge in [0.05, 0.1) is 6.61 Å². The molecule has 0 amide bonds. The van der Waals surface area contributed by atoms with Crippen LogP contribution in [-0.4, -0.2) is 58.1 Å². The Bertz CT molecular complexity index is 763. The number of carbonyl (C=O) groups is 1. The van der Waals surface area contributed by atoms with Crippen LogP contribution in [-0.2, 0) is 9.53 Å². The van der Waals surface area contributed by atoms with E-state index >= 15 is 0 Å². The van der Waals surface area contributed by atoms with E-state index in [9.17, 15) is 9.90 Å². The molecule has 1 saturated heterocycles. The smallest absolute Gasteiger partial charge is 0.327 e. The SMILES string of the molecule is CCOC(=O)[C@@H]1SC(=S)N(Nc2cc(C)nc(N[C@@H](O)C(Cl)(Cl)Cl)n2)C1=N. The molecule has 148 valence electrons. The minimum atomic E-state index is -1.98. The van der Waals surface area contributed by atoms with Crippen molar-refractivity contribution in [2.45, 2.75) is 29.1 Å². The predicted molar refractivity (Wildman–Crippen MR) is 110 cm³/mol. The summed E-state index contributed by atoms with van der Waals surface area (Å²) in [5, 5.41) is 20.8. The van der Waals surface area contributed by atoms with Crippen LogP contribution >= 0.6 is 58.8 Å². The lowest BCUT2D eigenvalue weighted by molar-refractivity contribution is -0.141. The van der Waals surface area contributed by atoms with Crippen LogP contribution in [0.3, 0.4) is 0 Å². The first-order chi connectivity index (χ1) is 12.5. The molecule has 0 radical (unpaired) electrons. The Labute approximate surface area is 179 Å². The second-order valence-corrected chi connectivity index (χ2v) is 9.26. The lowest BCUT2D eigenvalue weighted by Gasteiger charge is -2.22. The average Bonchev–Trinajstić information content (AvgIpc) is 2.82. The molecule has 1 aromatic rings. The van der Waals surface area contributed by atoms with Crippen LogP contribution < -0.4 is 10.7 Å². The molecule has 0 aliphatic carbocycles. The molecule has 2 atom stereocenters. The quantitative estimate of drug-likeness (QED) is 0.212. The summed E-state index contributed by atoms with van der Waals surface area (Å²) in [5.41, 5.74) is 3.35. The van der Waals surface area contributed by atoms with Gasteiger partial charge >= 0.3 is 5.97 Å². The molecule has 1 aliphatic heterocycles. The van der Waals surface area contributed by atoms with E-state index < -0.39 is 21.2 Å². The van der Waals surface area contributed by atoms with E-state index in [-0.39, 0.29) is 28.5 Å². The number of amidine groups is 1. The molecular weight excluding hydrogens is 459 g/mol. The van der Waals surface area contributed by atoms with Gasteiger partial charge in [-0.3, -0.25) is 15.6 Å². The maximum atomic E-state index is 11.9. The number of aromatic nitrogens is 2. The Kier molecular flexibility index (Phi) is 7.33. The predicted octanol–water partition coefficient (Wildman–Crippen LogP) is 2.46. The van der Waals surface area contributed by atoms with Gasteiger partial charge in [0.2, 0.25) is 9.74 Å². The highest BCUT2D eigenvalue weighted by Gasteiger charge is 2.40. The van der Waals surface area contributed by atoms with E-state index in [4.69, 9.17) is 57.2 Å². The highest BCUT2D eigenvalue weighted by molar-refractivity contribution is 8.24. The van der Waals surface area contributed by atoms with Crippen molar-refractivity contribution in [3.8, 4) is 0 Å². The van der Waals surface area contributed by atoms with Crippen LogP contribution in [0.1, 0.15) is 12.6 Å². The molecule has 0 spiro atoms. The summed E-state index contributed by atoms with van der Waals surface area (Å²) in [6.45, 7) is 3.57. The first-order valence-corrected chi connectivity index (χ1v) is 9.84. The molecule has 9 nitrogen and oxygen atoms in total. The number of aryl methyl sites for hydroxylation is 1. The molecule has 0 bridgehead atoms. The molecule has 0 aromatic carbocycles. The van der Waals surface area contributed by atoms with Crippen LogP contribution in [0.5, 0.6) is 0 Å². The molecule has 4 N–H and O–H groups in total. The maximum Gasteiger partial charge on any atom is 0.327 e. The van der Waals surface area contributed by atoms with Crippen molar-refractivity contribution in [2.24, 2.45) is 0 Å². The molecule has 1 aliphatic rings. The number of thiocarbonyl (C=S) groups is 1. The van der Waals surface area contributed by atoms with Gasteiger partial charge in [-0.2, -0.15) is 4.98 Å². The van der Waals surface area contributed by atoms with E-state index in [0.29, 0.717) is 5.69 Å². The highest BCUT2D eigenvalue weighted by atomic mass is 35.6. The van der Waals surface area contributed by atoms with Crippen LogP contribution in [0.15, 0.2) is 6.07 Å². The summed E-state index contributed by atoms with van der Waals surface area (Å²) >= 11 is 23.0. The average molecular weight is 474 g/mol.